The lowest BCUT2D eigenvalue weighted by Gasteiger charge is -2.18. The van der Waals surface area contributed by atoms with E-state index in [1.54, 1.807) is 0 Å². The van der Waals surface area contributed by atoms with Gasteiger partial charge in [-0.15, -0.1) is 0 Å². The monoisotopic (exact) mass is 224 g/mol. The van der Waals surface area contributed by atoms with Crippen molar-refractivity contribution in [2.24, 2.45) is 5.92 Å². The van der Waals surface area contributed by atoms with Crippen molar-refractivity contribution in [2.45, 2.75) is 32.7 Å². The Balaban J connectivity index is 2.28. The Labute approximate surface area is 96.7 Å². The molecule has 0 aromatic heterocycles. The molecule has 1 aromatic carbocycles. The van der Waals surface area contributed by atoms with Crippen LogP contribution in [0.4, 0.5) is 0 Å². The lowest BCUT2D eigenvalue weighted by molar-refractivity contribution is -0.108. The molecule has 0 aliphatic heterocycles. The SMILES string of the molecule is CCCC(COCc1ccccc1)C(O)O. The van der Waals surface area contributed by atoms with Gasteiger partial charge in [0.2, 0.25) is 0 Å². The lowest BCUT2D eigenvalue weighted by Crippen LogP contribution is -2.24. The minimum atomic E-state index is -1.28. The maximum atomic E-state index is 9.12. The molecule has 90 valence electrons. The van der Waals surface area contributed by atoms with Crippen molar-refractivity contribution in [3.05, 3.63) is 35.9 Å². The predicted molar refractivity (Wildman–Crippen MR) is 62.7 cm³/mol. The van der Waals surface area contributed by atoms with Gasteiger partial charge in [0.15, 0.2) is 6.29 Å². The summed E-state index contributed by atoms with van der Waals surface area (Å²) < 4.78 is 5.48. The first-order valence-corrected chi connectivity index (χ1v) is 5.71. The molecule has 0 aliphatic carbocycles. The van der Waals surface area contributed by atoms with Crippen LogP contribution in [0.3, 0.4) is 0 Å². The van der Waals surface area contributed by atoms with Crippen LogP contribution in [0.5, 0.6) is 0 Å². The molecule has 0 spiro atoms. The first kappa shape index (κ1) is 13.2. The minimum Gasteiger partial charge on any atom is -0.376 e. The molecule has 0 saturated heterocycles. The smallest absolute Gasteiger partial charge is 0.156 e. The third kappa shape index (κ3) is 4.75. The van der Waals surface area contributed by atoms with E-state index in [1.165, 1.54) is 0 Å². The number of rotatable bonds is 7. The van der Waals surface area contributed by atoms with Gasteiger partial charge >= 0.3 is 0 Å². The zero-order valence-corrected chi connectivity index (χ0v) is 9.67. The highest BCUT2D eigenvalue weighted by Crippen LogP contribution is 2.11. The molecule has 0 amide bonds. The normalized spacial score (nSPS) is 13.0. The highest BCUT2D eigenvalue weighted by Gasteiger charge is 2.15. The summed E-state index contributed by atoms with van der Waals surface area (Å²) in [4.78, 5) is 0. The molecule has 1 unspecified atom stereocenters. The van der Waals surface area contributed by atoms with Gasteiger partial charge in [-0.25, -0.2) is 0 Å². The molecule has 0 fully saturated rings. The molecule has 1 aromatic rings. The Morgan fingerprint density at radius 3 is 2.44 bits per heavy atom. The van der Waals surface area contributed by atoms with Gasteiger partial charge in [0.05, 0.1) is 13.2 Å². The number of benzene rings is 1. The van der Waals surface area contributed by atoms with Crippen LogP contribution < -0.4 is 0 Å². The maximum Gasteiger partial charge on any atom is 0.156 e. The summed E-state index contributed by atoms with van der Waals surface area (Å²) in [6, 6.07) is 9.86. The second kappa shape index (κ2) is 7.39. The Bertz CT molecular complexity index is 272. The van der Waals surface area contributed by atoms with Gasteiger partial charge in [-0.1, -0.05) is 43.7 Å². The first-order valence-electron chi connectivity index (χ1n) is 5.71. The summed E-state index contributed by atoms with van der Waals surface area (Å²) in [5.41, 5.74) is 1.10. The van der Waals surface area contributed by atoms with Crippen molar-refractivity contribution in [1.29, 1.82) is 0 Å². The molecule has 0 heterocycles. The van der Waals surface area contributed by atoms with Crippen LogP contribution in [-0.2, 0) is 11.3 Å². The fraction of sp³-hybridized carbons (Fsp3) is 0.538. The molecule has 0 aliphatic rings. The highest BCUT2D eigenvalue weighted by molar-refractivity contribution is 5.13. The van der Waals surface area contributed by atoms with Gasteiger partial charge in [-0.2, -0.15) is 0 Å². The van der Waals surface area contributed by atoms with E-state index in [4.69, 9.17) is 14.9 Å². The Hall–Kier alpha value is -0.900. The van der Waals surface area contributed by atoms with E-state index in [0.717, 1.165) is 18.4 Å². The van der Waals surface area contributed by atoms with Crippen molar-refractivity contribution in [3.8, 4) is 0 Å². The van der Waals surface area contributed by atoms with Gasteiger partial charge < -0.3 is 14.9 Å². The van der Waals surface area contributed by atoms with Crippen molar-refractivity contribution in [1.82, 2.24) is 0 Å². The van der Waals surface area contributed by atoms with E-state index in [1.807, 2.05) is 37.3 Å². The summed E-state index contributed by atoms with van der Waals surface area (Å²) in [5.74, 6) is -0.186. The quantitative estimate of drug-likeness (QED) is 0.696. The van der Waals surface area contributed by atoms with Crippen LogP contribution in [0.25, 0.3) is 0 Å². The van der Waals surface area contributed by atoms with Gasteiger partial charge in [-0.3, -0.25) is 0 Å². The highest BCUT2D eigenvalue weighted by atomic mass is 16.5. The van der Waals surface area contributed by atoms with Gasteiger partial charge in [0.1, 0.15) is 0 Å². The van der Waals surface area contributed by atoms with E-state index in [2.05, 4.69) is 0 Å². The predicted octanol–water partition coefficient (Wildman–Crippen LogP) is 1.93. The fourth-order valence-corrected chi connectivity index (χ4v) is 1.59. The lowest BCUT2D eigenvalue weighted by atomic mass is 10.0. The fourth-order valence-electron chi connectivity index (χ4n) is 1.59. The number of hydrogen-bond acceptors (Lipinski definition) is 3. The molecule has 1 rings (SSSR count). The molecule has 3 nitrogen and oxygen atoms in total. The van der Waals surface area contributed by atoms with E-state index < -0.39 is 6.29 Å². The van der Waals surface area contributed by atoms with Crippen LogP contribution in [-0.4, -0.2) is 23.1 Å². The van der Waals surface area contributed by atoms with Crippen LogP contribution in [0.2, 0.25) is 0 Å². The number of aliphatic hydroxyl groups is 2. The molecular weight excluding hydrogens is 204 g/mol. The summed E-state index contributed by atoms with van der Waals surface area (Å²) in [6.45, 7) is 2.93. The standard InChI is InChI=1S/C13H20O3/c1-2-6-12(13(14)15)10-16-9-11-7-4-3-5-8-11/h3-5,7-8,12-15H,2,6,9-10H2,1H3. The van der Waals surface area contributed by atoms with E-state index in [0.29, 0.717) is 13.2 Å². The van der Waals surface area contributed by atoms with Crippen LogP contribution in [0.1, 0.15) is 25.3 Å². The van der Waals surface area contributed by atoms with Gasteiger partial charge in [0, 0.05) is 5.92 Å². The second-order valence-corrected chi connectivity index (χ2v) is 3.96. The minimum absolute atomic E-state index is 0.186. The molecule has 0 radical (unpaired) electrons. The Kier molecular flexibility index (Phi) is 6.08. The largest absolute Gasteiger partial charge is 0.376 e. The van der Waals surface area contributed by atoms with Crippen LogP contribution in [0, 0.1) is 5.92 Å². The molecule has 1 atom stereocenters. The third-order valence-corrected chi connectivity index (χ3v) is 2.52. The molecule has 2 N–H and O–H groups in total. The molecule has 16 heavy (non-hydrogen) atoms. The average molecular weight is 224 g/mol. The van der Waals surface area contributed by atoms with Crippen molar-refractivity contribution >= 4 is 0 Å². The summed E-state index contributed by atoms with van der Waals surface area (Å²) >= 11 is 0. The van der Waals surface area contributed by atoms with Crippen molar-refractivity contribution < 1.29 is 14.9 Å². The number of hydrogen-bond donors (Lipinski definition) is 2. The Morgan fingerprint density at radius 2 is 1.88 bits per heavy atom. The maximum absolute atomic E-state index is 9.12. The molecular formula is C13H20O3. The summed E-state index contributed by atoms with van der Waals surface area (Å²) in [7, 11) is 0. The van der Waals surface area contributed by atoms with Gasteiger partial charge in [0.25, 0.3) is 0 Å². The van der Waals surface area contributed by atoms with Crippen molar-refractivity contribution in [3.63, 3.8) is 0 Å². The van der Waals surface area contributed by atoms with E-state index >= 15 is 0 Å². The van der Waals surface area contributed by atoms with Gasteiger partial charge in [-0.05, 0) is 12.0 Å². The van der Waals surface area contributed by atoms with E-state index in [-0.39, 0.29) is 5.92 Å². The van der Waals surface area contributed by atoms with Crippen LogP contribution in [0.15, 0.2) is 30.3 Å². The Morgan fingerprint density at radius 1 is 1.19 bits per heavy atom. The molecule has 0 bridgehead atoms. The number of ether oxygens (including phenoxy) is 1. The topological polar surface area (TPSA) is 49.7 Å². The average Bonchev–Trinajstić information content (AvgIpc) is 2.29. The summed E-state index contributed by atoms with van der Waals surface area (Å²) in [6.07, 6.45) is 0.416. The van der Waals surface area contributed by atoms with Crippen LogP contribution >= 0.6 is 0 Å². The molecule has 3 heteroatoms. The number of aliphatic hydroxyl groups excluding tert-OH is 1. The summed E-state index contributed by atoms with van der Waals surface area (Å²) in [5, 5.41) is 18.2. The second-order valence-electron chi connectivity index (χ2n) is 3.96. The zero-order chi connectivity index (χ0) is 11.8. The van der Waals surface area contributed by atoms with Crippen molar-refractivity contribution in [2.75, 3.05) is 6.61 Å². The zero-order valence-electron chi connectivity index (χ0n) is 9.67. The first-order chi connectivity index (χ1) is 7.74. The van der Waals surface area contributed by atoms with E-state index in [9.17, 15) is 0 Å². The third-order valence-electron chi connectivity index (χ3n) is 2.52. The molecule has 0 saturated carbocycles.